The summed E-state index contributed by atoms with van der Waals surface area (Å²) in [5.41, 5.74) is 3.41. The largest absolute Gasteiger partial charge is 0.325 e. The molecular weight excluding hydrogens is 346 g/mol. The van der Waals surface area contributed by atoms with Crippen molar-refractivity contribution in [2.24, 2.45) is 7.05 Å². The maximum absolute atomic E-state index is 12.6. The first-order valence-corrected chi connectivity index (χ1v) is 9.26. The lowest BCUT2D eigenvalue weighted by atomic mass is 10.1. The van der Waals surface area contributed by atoms with Gasteiger partial charge in [-0.2, -0.15) is 0 Å². The molecule has 0 bridgehead atoms. The lowest BCUT2D eigenvalue weighted by Crippen LogP contribution is -2.26. The molecule has 1 amide bonds. The highest BCUT2D eigenvalue weighted by molar-refractivity contribution is 8.00. The van der Waals surface area contributed by atoms with E-state index < -0.39 is 5.25 Å². The van der Waals surface area contributed by atoms with Crippen molar-refractivity contribution in [2.75, 3.05) is 5.32 Å². The quantitative estimate of drug-likeness (QED) is 0.564. The fourth-order valence-electron chi connectivity index (χ4n) is 2.75. The fraction of sp³-hybridized carbons (Fsp3) is 0.250. The minimum atomic E-state index is -0.395. The molecule has 1 N–H and O–H groups in total. The molecule has 5 nitrogen and oxygen atoms in total. The van der Waals surface area contributed by atoms with Gasteiger partial charge in [0.05, 0.1) is 16.2 Å². The average molecular weight is 367 g/mol. The van der Waals surface area contributed by atoms with Gasteiger partial charge >= 0.3 is 0 Å². The smallest absolute Gasteiger partial charge is 0.261 e. The van der Waals surface area contributed by atoms with Crippen LogP contribution in [-0.4, -0.2) is 20.7 Å². The molecule has 2 aromatic carbocycles. The molecule has 6 heteroatoms. The number of rotatable bonds is 4. The van der Waals surface area contributed by atoms with E-state index in [0.29, 0.717) is 16.1 Å². The van der Waals surface area contributed by atoms with Crippen LogP contribution in [-0.2, 0) is 11.8 Å². The highest BCUT2D eigenvalue weighted by atomic mass is 32.2. The number of aryl methyl sites for hydroxylation is 2. The van der Waals surface area contributed by atoms with E-state index in [-0.39, 0.29) is 11.5 Å². The number of hydrogen-bond donors (Lipinski definition) is 1. The van der Waals surface area contributed by atoms with Crippen molar-refractivity contribution < 1.29 is 4.79 Å². The van der Waals surface area contributed by atoms with Crippen molar-refractivity contribution in [3.63, 3.8) is 0 Å². The van der Waals surface area contributed by atoms with Gasteiger partial charge in [-0.3, -0.25) is 14.2 Å². The molecule has 1 aromatic heterocycles. The summed E-state index contributed by atoms with van der Waals surface area (Å²) in [6, 6.07) is 13.1. The molecule has 0 fully saturated rings. The third-order valence-corrected chi connectivity index (χ3v) is 5.47. The Morgan fingerprint density at radius 2 is 1.77 bits per heavy atom. The number of thioether (sulfide) groups is 1. The van der Waals surface area contributed by atoms with Crippen LogP contribution in [0.2, 0.25) is 0 Å². The zero-order chi connectivity index (χ0) is 18.8. The summed E-state index contributed by atoms with van der Waals surface area (Å²) in [5, 5.41) is 3.70. The Balaban J connectivity index is 1.85. The van der Waals surface area contributed by atoms with Crippen LogP contribution in [0.25, 0.3) is 10.9 Å². The highest BCUT2D eigenvalue weighted by Gasteiger charge is 2.19. The predicted molar refractivity (Wildman–Crippen MR) is 107 cm³/mol. The Morgan fingerprint density at radius 3 is 2.46 bits per heavy atom. The van der Waals surface area contributed by atoms with E-state index in [2.05, 4.69) is 10.3 Å². The molecule has 0 radical (unpaired) electrons. The number of anilines is 1. The zero-order valence-corrected chi connectivity index (χ0v) is 16.1. The first kappa shape index (κ1) is 18.2. The molecule has 0 aliphatic carbocycles. The van der Waals surface area contributed by atoms with Crippen LogP contribution in [0, 0.1) is 13.8 Å². The maximum Gasteiger partial charge on any atom is 0.261 e. The van der Waals surface area contributed by atoms with Gasteiger partial charge in [0.1, 0.15) is 0 Å². The summed E-state index contributed by atoms with van der Waals surface area (Å²) in [6.45, 7) is 5.75. The van der Waals surface area contributed by atoms with E-state index >= 15 is 0 Å². The molecular formula is C20H21N3O2S. The Labute approximate surface area is 156 Å². The monoisotopic (exact) mass is 367 g/mol. The second-order valence-electron chi connectivity index (χ2n) is 6.29. The molecule has 1 atom stereocenters. The van der Waals surface area contributed by atoms with Crippen LogP contribution < -0.4 is 10.9 Å². The predicted octanol–water partition coefficient (Wildman–Crippen LogP) is 3.67. The molecule has 134 valence electrons. The Hall–Kier alpha value is -2.60. The van der Waals surface area contributed by atoms with Gasteiger partial charge in [-0.15, -0.1) is 0 Å². The van der Waals surface area contributed by atoms with Gasteiger partial charge < -0.3 is 5.32 Å². The van der Waals surface area contributed by atoms with E-state index in [4.69, 9.17) is 0 Å². The van der Waals surface area contributed by atoms with Gasteiger partial charge in [0.15, 0.2) is 5.16 Å². The van der Waals surface area contributed by atoms with Crippen molar-refractivity contribution >= 4 is 34.3 Å². The Morgan fingerprint density at radius 1 is 1.12 bits per heavy atom. The molecule has 1 unspecified atom stereocenters. The van der Waals surface area contributed by atoms with Gasteiger partial charge in [0.2, 0.25) is 5.91 Å². The van der Waals surface area contributed by atoms with Crippen LogP contribution in [0.4, 0.5) is 5.69 Å². The van der Waals surface area contributed by atoms with Crippen molar-refractivity contribution in [1.29, 1.82) is 0 Å². The molecule has 0 spiro atoms. The standard InChI is InChI=1S/C20H21N3O2S/c1-12-8-7-9-13(2)17(12)22-18(24)14(3)26-20-21-16-11-6-5-10-15(16)19(25)23(20)4/h5-11,14H,1-4H3,(H,22,24). The number of carbonyl (C=O) groups is 1. The van der Waals surface area contributed by atoms with Crippen molar-refractivity contribution in [3.05, 3.63) is 63.9 Å². The summed E-state index contributed by atoms with van der Waals surface area (Å²) in [7, 11) is 1.68. The van der Waals surface area contributed by atoms with Gasteiger partial charge in [0.25, 0.3) is 5.56 Å². The highest BCUT2D eigenvalue weighted by Crippen LogP contribution is 2.25. The van der Waals surface area contributed by atoms with Crippen LogP contribution in [0.15, 0.2) is 52.4 Å². The normalized spacial score (nSPS) is 12.2. The zero-order valence-electron chi connectivity index (χ0n) is 15.2. The summed E-state index contributed by atoms with van der Waals surface area (Å²) in [5.74, 6) is -0.116. The first-order chi connectivity index (χ1) is 12.4. The summed E-state index contributed by atoms with van der Waals surface area (Å²) in [6.07, 6.45) is 0. The number of aromatic nitrogens is 2. The van der Waals surface area contributed by atoms with Crippen molar-refractivity contribution in [3.8, 4) is 0 Å². The number of carbonyl (C=O) groups excluding carboxylic acids is 1. The average Bonchev–Trinajstić information content (AvgIpc) is 2.62. The van der Waals surface area contributed by atoms with E-state index in [1.165, 1.54) is 16.3 Å². The molecule has 3 rings (SSSR count). The molecule has 0 aliphatic heterocycles. The Kier molecular flexibility index (Phi) is 5.13. The van der Waals surface area contributed by atoms with Gasteiger partial charge in [-0.1, -0.05) is 42.1 Å². The fourth-order valence-corrected chi connectivity index (χ4v) is 3.63. The van der Waals surface area contributed by atoms with E-state index in [1.807, 2.05) is 57.2 Å². The third-order valence-electron chi connectivity index (χ3n) is 4.32. The molecule has 1 heterocycles. The summed E-state index contributed by atoms with van der Waals surface area (Å²) < 4.78 is 1.50. The molecule has 0 aliphatic rings. The number of nitrogens with one attached hydrogen (secondary N) is 1. The minimum absolute atomic E-state index is 0.111. The maximum atomic E-state index is 12.6. The SMILES string of the molecule is Cc1cccc(C)c1NC(=O)C(C)Sc1nc2ccccc2c(=O)n1C. The second-order valence-corrected chi connectivity index (χ2v) is 7.60. The summed E-state index contributed by atoms with van der Waals surface area (Å²) in [4.78, 5) is 29.7. The Bertz CT molecular complexity index is 1020. The lowest BCUT2D eigenvalue weighted by Gasteiger charge is -2.16. The van der Waals surface area contributed by atoms with Crippen molar-refractivity contribution in [1.82, 2.24) is 9.55 Å². The lowest BCUT2D eigenvalue weighted by molar-refractivity contribution is -0.115. The van der Waals surface area contributed by atoms with Crippen LogP contribution in [0.1, 0.15) is 18.1 Å². The number of hydrogen-bond acceptors (Lipinski definition) is 4. The third kappa shape index (κ3) is 3.51. The van der Waals surface area contributed by atoms with Crippen LogP contribution in [0.3, 0.4) is 0 Å². The van der Waals surface area contributed by atoms with Crippen LogP contribution >= 0.6 is 11.8 Å². The topological polar surface area (TPSA) is 64.0 Å². The number of nitrogens with zero attached hydrogens (tertiary/aromatic N) is 2. The number of amides is 1. The molecule has 0 saturated heterocycles. The van der Waals surface area contributed by atoms with E-state index in [0.717, 1.165) is 16.8 Å². The van der Waals surface area contributed by atoms with Gasteiger partial charge in [-0.25, -0.2) is 4.98 Å². The van der Waals surface area contributed by atoms with E-state index in [1.54, 1.807) is 13.1 Å². The molecule has 0 saturated carbocycles. The number of benzene rings is 2. The minimum Gasteiger partial charge on any atom is -0.325 e. The van der Waals surface area contributed by atoms with Crippen LogP contribution in [0.5, 0.6) is 0 Å². The molecule has 3 aromatic rings. The molecule has 26 heavy (non-hydrogen) atoms. The first-order valence-electron chi connectivity index (χ1n) is 8.38. The number of fused-ring (bicyclic) bond motifs is 1. The van der Waals surface area contributed by atoms with Crippen molar-refractivity contribution in [2.45, 2.75) is 31.2 Å². The number of para-hydroxylation sites is 2. The van der Waals surface area contributed by atoms with Gasteiger partial charge in [0, 0.05) is 12.7 Å². The van der Waals surface area contributed by atoms with Gasteiger partial charge in [-0.05, 0) is 44.0 Å². The van der Waals surface area contributed by atoms with E-state index in [9.17, 15) is 9.59 Å². The summed E-state index contributed by atoms with van der Waals surface area (Å²) >= 11 is 1.28. The second kappa shape index (κ2) is 7.33.